The third-order valence-corrected chi connectivity index (χ3v) is 4.49. The Bertz CT molecular complexity index is 465. The van der Waals surface area contributed by atoms with Crippen LogP contribution in [0.4, 0.5) is 0 Å². The van der Waals surface area contributed by atoms with Crippen molar-refractivity contribution in [3.63, 3.8) is 0 Å². The predicted octanol–water partition coefficient (Wildman–Crippen LogP) is 1.48. The molecule has 18 heavy (non-hydrogen) atoms. The summed E-state index contributed by atoms with van der Waals surface area (Å²) >= 11 is 0. The Labute approximate surface area is 109 Å². The van der Waals surface area contributed by atoms with E-state index in [4.69, 9.17) is 9.31 Å². The Morgan fingerprint density at radius 2 is 1.83 bits per heavy atom. The second kappa shape index (κ2) is 3.62. The maximum Gasteiger partial charge on any atom is 0.512 e. The molecule has 1 aromatic rings. The van der Waals surface area contributed by atoms with Crippen molar-refractivity contribution in [3.8, 4) is 0 Å². The first-order chi connectivity index (χ1) is 8.30. The van der Waals surface area contributed by atoms with E-state index in [1.54, 1.807) is 0 Å². The lowest BCUT2D eigenvalue weighted by molar-refractivity contribution is 0.00578. The molecule has 0 saturated carbocycles. The van der Waals surface area contributed by atoms with E-state index in [9.17, 15) is 0 Å². The summed E-state index contributed by atoms with van der Waals surface area (Å²) in [7, 11) is -0.284. The zero-order valence-electron chi connectivity index (χ0n) is 11.8. The Balaban J connectivity index is 1.88. The summed E-state index contributed by atoms with van der Waals surface area (Å²) in [5.41, 5.74) is 3.06. The average Bonchev–Trinajstić information content (AvgIpc) is 2.84. The van der Waals surface area contributed by atoms with Gasteiger partial charge in [-0.3, -0.25) is 0 Å². The second-order valence-corrected chi connectivity index (χ2v) is 6.35. The van der Waals surface area contributed by atoms with Crippen molar-refractivity contribution >= 4 is 12.7 Å². The normalized spacial score (nSPS) is 28.7. The minimum absolute atomic E-state index is 0.281. The molecule has 1 fully saturated rings. The fraction of sp³-hybridized carbons (Fsp3) is 0.692. The highest BCUT2D eigenvalue weighted by Gasteiger charge is 2.52. The van der Waals surface area contributed by atoms with Gasteiger partial charge >= 0.3 is 7.12 Å². The number of aromatic amines is 1. The zero-order valence-corrected chi connectivity index (χ0v) is 11.8. The largest absolute Gasteiger partial charge is 0.512 e. The van der Waals surface area contributed by atoms with E-state index in [0.29, 0.717) is 6.04 Å². The lowest BCUT2D eigenvalue weighted by Crippen LogP contribution is -2.41. The molecule has 0 amide bonds. The van der Waals surface area contributed by atoms with Crippen LogP contribution in [0.25, 0.3) is 0 Å². The molecule has 4 nitrogen and oxygen atoms in total. The molecule has 1 saturated heterocycles. The van der Waals surface area contributed by atoms with Crippen LogP contribution in [0.2, 0.25) is 0 Å². The summed E-state index contributed by atoms with van der Waals surface area (Å²) in [5.74, 6) is 0. The van der Waals surface area contributed by atoms with Gasteiger partial charge in [-0.2, -0.15) is 0 Å². The number of hydrogen-bond acceptors (Lipinski definition) is 3. The van der Waals surface area contributed by atoms with Gasteiger partial charge in [0, 0.05) is 23.9 Å². The smallest absolute Gasteiger partial charge is 0.398 e. The molecule has 1 aromatic heterocycles. The molecule has 3 rings (SSSR count). The highest BCUT2D eigenvalue weighted by molar-refractivity contribution is 6.61. The van der Waals surface area contributed by atoms with Gasteiger partial charge in [-0.05, 0) is 46.2 Å². The van der Waals surface area contributed by atoms with Gasteiger partial charge in [-0.25, -0.2) is 0 Å². The van der Waals surface area contributed by atoms with Gasteiger partial charge in [-0.15, -0.1) is 0 Å². The first-order valence-electron chi connectivity index (χ1n) is 6.61. The van der Waals surface area contributed by atoms with Crippen molar-refractivity contribution in [2.45, 2.75) is 58.4 Å². The van der Waals surface area contributed by atoms with Crippen LogP contribution in [0.1, 0.15) is 51.9 Å². The standard InChI is InChI=1S/C13H21BN2O2/c1-8-11-9(7-15-8)6-10(16-11)14-17-12(2,3)13(4,5)18-14/h6,8,15-16H,7H2,1-5H3. The van der Waals surface area contributed by atoms with E-state index in [1.807, 2.05) is 0 Å². The topological polar surface area (TPSA) is 46.3 Å². The van der Waals surface area contributed by atoms with E-state index in [-0.39, 0.29) is 18.3 Å². The molecular weight excluding hydrogens is 227 g/mol. The van der Waals surface area contributed by atoms with Crippen molar-refractivity contribution in [3.05, 3.63) is 17.3 Å². The zero-order chi connectivity index (χ0) is 13.1. The molecule has 0 bridgehead atoms. The maximum atomic E-state index is 6.05. The first kappa shape index (κ1) is 12.3. The molecule has 2 N–H and O–H groups in total. The van der Waals surface area contributed by atoms with Crippen molar-refractivity contribution in [2.75, 3.05) is 0 Å². The highest BCUT2D eigenvalue weighted by Crippen LogP contribution is 2.36. The molecule has 2 aliphatic rings. The number of H-pyrrole nitrogens is 1. The van der Waals surface area contributed by atoms with Crippen LogP contribution >= 0.6 is 0 Å². The minimum atomic E-state index is -0.284. The average molecular weight is 248 g/mol. The lowest BCUT2D eigenvalue weighted by Gasteiger charge is -2.32. The molecule has 3 heterocycles. The summed E-state index contributed by atoms with van der Waals surface area (Å²) in [6.07, 6.45) is 0. The van der Waals surface area contributed by atoms with E-state index in [1.165, 1.54) is 11.3 Å². The molecule has 0 spiro atoms. The van der Waals surface area contributed by atoms with Gasteiger partial charge < -0.3 is 19.6 Å². The quantitative estimate of drug-likeness (QED) is 0.740. The second-order valence-electron chi connectivity index (χ2n) is 6.35. The fourth-order valence-electron chi connectivity index (χ4n) is 2.53. The summed E-state index contributed by atoms with van der Waals surface area (Å²) < 4.78 is 12.1. The third-order valence-electron chi connectivity index (χ3n) is 4.49. The molecule has 0 aromatic carbocycles. The number of aromatic nitrogens is 1. The van der Waals surface area contributed by atoms with Crippen LogP contribution in [0.5, 0.6) is 0 Å². The van der Waals surface area contributed by atoms with Gasteiger partial charge in [0.05, 0.1) is 11.2 Å². The lowest BCUT2D eigenvalue weighted by atomic mass is 9.85. The minimum Gasteiger partial charge on any atom is -0.398 e. The number of hydrogen-bond donors (Lipinski definition) is 2. The van der Waals surface area contributed by atoms with E-state index < -0.39 is 0 Å². The number of nitrogens with one attached hydrogen (secondary N) is 2. The van der Waals surface area contributed by atoms with Gasteiger partial charge in [-0.1, -0.05) is 0 Å². The van der Waals surface area contributed by atoms with Crippen LogP contribution in [0.3, 0.4) is 0 Å². The Morgan fingerprint density at radius 1 is 1.22 bits per heavy atom. The predicted molar refractivity (Wildman–Crippen MR) is 71.8 cm³/mol. The summed E-state index contributed by atoms with van der Waals surface area (Å²) in [5, 5.41) is 3.40. The van der Waals surface area contributed by atoms with Crippen LogP contribution in [-0.4, -0.2) is 23.3 Å². The van der Waals surface area contributed by atoms with Crippen LogP contribution < -0.4 is 10.9 Å². The summed E-state index contributed by atoms with van der Waals surface area (Å²) in [6, 6.07) is 2.55. The monoisotopic (exact) mass is 248 g/mol. The van der Waals surface area contributed by atoms with E-state index >= 15 is 0 Å². The SMILES string of the molecule is CC1NCc2cc(B3OC(C)(C)C(C)(C)O3)[nH]c21. The Morgan fingerprint density at radius 3 is 2.39 bits per heavy atom. The molecule has 98 valence electrons. The highest BCUT2D eigenvalue weighted by atomic mass is 16.7. The molecule has 5 heteroatoms. The van der Waals surface area contributed by atoms with Crippen LogP contribution in [0.15, 0.2) is 6.07 Å². The molecule has 0 radical (unpaired) electrons. The van der Waals surface area contributed by atoms with Crippen molar-refractivity contribution < 1.29 is 9.31 Å². The molecule has 2 aliphatic heterocycles. The first-order valence-corrected chi connectivity index (χ1v) is 6.61. The van der Waals surface area contributed by atoms with Gasteiger partial charge in [0.1, 0.15) is 0 Å². The molecule has 1 atom stereocenters. The van der Waals surface area contributed by atoms with Crippen molar-refractivity contribution in [1.82, 2.24) is 10.3 Å². The summed E-state index contributed by atoms with van der Waals surface area (Å²) in [4.78, 5) is 3.45. The molecule has 1 unspecified atom stereocenters. The maximum absolute atomic E-state index is 6.05. The van der Waals surface area contributed by atoms with Crippen molar-refractivity contribution in [1.29, 1.82) is 0 Å². The fourth-order valence-corrected chi connectivity index (χ4v) is 2.53. The molecule has 0 aliphatic carbocycles. The van der Waals surface area contributed by atoms with Gasteiger partial charge in [0.2, 0.25) is 0 Å². The van der Waals surface area contributed by atoms with Crippen LogP contribution in [0, 0.1) is 0 Å². The number of rotatable bonds is 1. The number of fused-ring (bicyclic) bond motifs is 1. The summed E-state index contributed by atoms with van der Waals surface area (Å²) in [6.45, 7) is 11.4. The van der Waals surface area contributed by atoms with Crippen molar-refractivity contribution in [2.24, 2.45) is 0 Å². The van der Waals surface area contributed by atoms with Gasteiger partial charge in [0.15, 0.2) is 0 Å². The van der Waals surface area contributed by atoms with E-state index in [2.05, 4.69) is 51.0 Å². The van der Waals surface area contributed by atoms with Crippen LogP contribution in [-0.2, 0) is 15.9 Å². The Hall–Kier alpha value is -0.775. The third kappa shape index (κ3) is 1.65. The van der Waals surface area contributed by atoms with Gasteiger partial charge in [0.25, 0.3) is 0 Å². The van der Waals surface area contributed by atoms with E-state index in [0.717, 1.165) is 12.1 Å². The Kier molecular flexibility index (Phi) is 2.47. The molecular formula is C13H21BN2O2.